The summed E-state index contributed by atoms with van der Waals surface area (Å²) in [7, 11) is 0. The Hall–Kier alpha value is -0.480. The molecule has 1 aromatic rings. The van der Waals surface area contributed by atoms with Gasteiger partial charge in [-0.25, -0.2) is 0 Å². The van der Waals surface area contributed by atoms with E-state index in [4.69, 9.17) is 0 Å². The van der Waals surface area contributed by atoms with Crippen molar-refractivity contribution in [1.82, 2.24) is 0 Å². The van der Waals surface area contributed by atoms with Crippen LogP contribution in [-0.2, 0) is 0 Å². The number of aryl methyl sites for hydroxylation is 2. The molecule has 1 atom stereocenters. The number of halogens is 1. The van der Waals surface area contributed by atoms with Crippen molar-refractivity contribution in [3.63, 3.8) is 0 Å². The monoisotopic (exact) mass is 298 g/mol. The van der Waals surface area contributed by atoms with E-state index in [2.05, 4.69) is 59.1 Å². The van der Waals surface area contributed by atoms with Gasteiger partial charge in [-0.05, 0) is 44.0 Å². The van der Waals surface area contributed by atoms with Gasteiger partial charge in [-0.2, -0.15) is 0 Å². The first-order valence-corrected chi connectivity index (χ1v) is 7.08. The summed E-state index contributed by atoms with van der Waals surface area (Å²) in [6.45, 7) is 6.37. The number of nitrogens with one attached hydrogen (secondary N) is 1. The Balaban J connectivity index is 2.25. The molecule has 2 rings (SSSR count). The van der Waals surface area contributed by atoms with Gasteiger partial charge in [-0.3, -0.25) is 4.99 Å². The summed E-state index contributed by atoms with van der Waals surface area (Å²) >= 11 is 5.30. The number of anilines is 1. The molecular weight excluding hydrogens is 284 g/mol. The Kier molecular flexibility index (Phi) is 3.60. The molecule has 4 heteroatoms. The first-order valence-electron chi connectivity index (χ1n) is 5.30. The number of thioether (sulfide) groups is 1. The summed E-state index contributed by atoms with van der Waals surface area (Å²) in [5, 5.41) is 4.47. The quantitative estimate of drug-likeness (QED) is 0.848. The molecule has 0 saturated heterocycles. The fraction of sp³-hybridized carbons (Fsp3) is 0.417. The molecule has 86 valence electrons. The topological polar surface area (TPSA) is 24.4 Å². The highest BCUT2D eigenvalue weighted by Crippen LogP contribution is 2.27. The molecule has 1 N–H and O–H groups in total. The molecule has 0 bridgehead atoms. The third kappa shape index (κ3) is 2.61. The van der Waals surface area contributed by atoms with Crippen molar-refractivity contribution in [1.29, 1.82) is 0 Å². The lowest BCUT2D eigenvalue weighted by Crippen LogP contribution is -2.08. The molecule has 1 aliphatic heterocycles. The normalized spacial score (nSPS) is 19.8. The third-order valence-electron chi connectivity index (χ3n) is 2.53. The summed E-state index contributed by atoms with van der Waals surface area (Å²) in [5.41, 5.74) is 3.67. The number of aliphatic imine (C=N–C) groups is 1. The van der Waals surface area contributed by atoms with Gasteiger partial charge >= 0.3 is 0 Å². The van der Waals surface area contributed by atoms with E-state index < -0.39 is 0 Å². The van der Waals surface area contributed by atoms with Crippen molar-refractivity contribution in [3.05, 3.63) is 27.7 Å². The van der Waals surface area contributed by atoms with Gasteiger partial charge in [0.1, 0.15) is 0 Å². The molecule has 0 spiro atoms. The highest BCUT2D eigenvalue weighted by atomic mass is 79.9. The van der Waals surface area contributed by atoms with E-state index in [1.165, 1.54) is 16.8 Å². The molecule has 1 unspecified atom stereocenters. The maximum atomic E-state index is 4.55. The Bertz CT molecular complexity index is 420. The fourth-order valence-corrected chi connectivity index (χ4v) is 3.35. The molecule has 0 amide bonds. The van der Waals surface area contributed by atoms with E-state index in [1.807, 2.05) is 0 Å². The average molecular weight is 299 g/mol. The predicted molar refractivity (Wildman–Crippen MR) is 76.6 cm³/mol. The number of rotatable bonds is 1. The largest absolute Gasteiger partial charge is 0.335 e. The van der Waals surface area contributed by atoms with Crippen LogP contribution in [0.2, 0.25) is 0 Å². The summed E-state index contributed by atoms with van der Waals surface area (Å²) < 4.78 is 1.13. The van der Waals surface area contributed by atoms with Crippen LogP contribution in [0, 0.1) is 13.8 Å². The predicted octanol–water partition coefficient (Wildman–Crippen LogP) is 3.97. The highest BCUT2D eigenvalue weighted by molar-refractivity contribution is 9.10. The summed E-state index contributed by atoms with van der Waals surface area (Å²) in [6, 6.07) is 4.68. The molecule has 16 heavy (non-hydrogen) atoms. The van der Waals surface area contributed by atoms with Crippen LogP contribution in [0.25, 0.3) is 0 Å². The van der Waals surface area contributed by atoms with Crippen molar-refractivity contribution in [2.75, 3.05) is 11.1 Å². The Labute approximate surface area is 109 Å². The zero-order chi connectivity index (χ0) is 11.7. The van der Waals surface area contributed by atoms with E-state index in [9.17, 15) is 0 Å². The van der Waals surface area contributed by atoms with Crippen molar-refractivity contribution in [2.24, 2.45) is 4.99 Å². The Morgan fingerprint density at radius 2 is 2.00 bits per heavy atom. The molecule has 2 nitrogen and oxygen atoms in total. The summed E-state index contributed by atoms with van der Waals surface area (Å²) in [5.74, 6) is 1.08. The van der Waals surface area contributed by atoms with E-state index >= 15 is 0 Å². The number of hydrogen-bond donors (Lipinski definition) is 1. The minimum atomic E-state index is 0.434. The molecule has 1 aromatic carbocycles. The molecule has 1 aliphatic rings. The molecule has 0 saturated carbocycles. The SMILES string of the molecule is Cc1cc(Br)cc(C)c1NC1=NC(C)CS1. The van der Waals surface area contributed by atoms with E-state index in [0.29, 0.717) is 6.04 Å². The molecule has 0 radical (unpaired) electrons. The van der Waals surface area contributed by atoms with Gasteiger partial charge in [0.05, 0.1) is 6.04 Å². The van der Waals surface area contributed by atoms with Crippen molar-refractivity contribution in [3.8, 4) is 0 Å². The minimum Gasteiger partial charge on any atom is -0.335 e. The van der Waals surface area contributed by atoms with Crippen molar-refractivity contribution >= 4 is 38.5 Å². The zero-order valence-corrected chi connectivity index (χ0v) is 12.1. The number of nitrogens with zero attached hydrogens (tertiary/aromatic N) is 1. The molecule has 0 aliphatic carbocycles. The van der Waals surface area contributed by atoms with Gasteiger partial charge in [-0.15, -0.1) is 0 Å². The van der Waals surface area contributed by atoms with Crippen LogP contribution in [0.1, 0.15) is 18.1 Å². The van der Waals surface area contributed by atoms with Crippen LogP contribution in [0.3, 0.4) is 0 Å². The second-order valence-corrected chi connectivity index (χ2v) is 6.06. The molecular formula is C12H15BrN2S. The molecule has 0 aromatic heterocycles. The highest BCUT2D eigenvalue weighted by Gasteiger charge is 2.15. The van der Waals surface area contributed by atoms with Crippen molar-refractivity contribution in [2.45, 2.75) is 26.8 Å². The average Bonchev–Trinajstić information content (AvgIpc) is 2.58. The smallest absolute Gasteiger partial charge is 0.161 e. The number of hydrogen-bond acceptors (Lipinski definition) is 3. The maximum absolute atomic E-state index is 4.55. The van der Waals surface area contributed by atoms with Crippen LogP contribution < -0.4 is 5.32 Å². The Morgan fingerprint density at radius 3 is 2.50 bits per heavy atom. The first-order chi connectivity index (χ1) is 7.56. The van der Waals surface area contributed by atoms with Gasteiger partial charge in [0.25, 0.3) is 0 Å². The third-order valence-corrected chi connectivity index (χ3v) is 4.12. The van der Waals surface area contributed by atoms with Gasteiger partial charge in [0.15, 0.2) is 5.17 Å². The van der Waals surface area contributed by atoms with Gasteiger partial charge < -0.3 is 5.32 Å². The second kappa shape index (κ2) is 4.80. The fourth-order valence-electron chi connectivity index (χ4n) is 1.76. The van der Waals surface area contributed by atoms with Crippen LogP contribution >= 0.6 is 27.7 Å². The standard InChI is InChI=1S/C12H15BrN2S/c1-7-4-10(13)5-8(2)11(7)15-12-14-9(3)6-16-12/h4-5,9H,6H2,1-3H3,(H,14,15). The summed E-state index contributed by atoms with van der Waals surface area (Å²) in [6.07, 6.45) is 0. The zero-order valence-electron chi connectivity index (χ0n) is 9.67. The van der Waals surface area contributed by atoms with Gasteiger partial charge in [0.2, 0.25) is 0 Å². The lowest BCUT2D eigenvalue weighted by Gasteiger charge is -2.12. The number of benzene rings is 1. The van der Waals surface area contributed by atoms with E-state index in [-0.39, 0.29) is 0 Å². The first kappa shape index (κ1) is 12.0. The van der Waals surface area contributed by atoms with Gasteiger partial charge in [-0.1, -0.05) is 27.7 Å². The van der Waals surface area contributed by atoms with Crippen LogP contribution in [0.15, 0.2) is 21.6 Å². The number of amidine groups is 1. The lowest BCUT2D eigenvalue weighted by atomic mass is 10.1. The van der Waals surface area contributed by atoms with Crippen molar-refractivity contribution < 1.29 is 0 Å². The second-order valence-electron chi connectivity index (χ2n) is 4.13. The lowest BCUT2D eigenvalue weighted by molar-refractivity contribution is 0.865. The Morgan fingerprint density at radius 1 is 1.38 bits per heavy atom. The molecule has 0 fully saturated rings. The summed E-state index contributed by atoms with van der Waals surface area (Å²) in [4.78, 5) is 4.55. The van der Waals surface area contributed by atoms with Crippen LogP contribution in [-0.4, -0.2) is 17.0 Å². The van der Waals surface area contributed by atoms with E-state index in [0.717, 1.165) is 15.4 Å². The maximum Gasteiger partial charge on any atom is 0.161 e. The molecule has 1 heterocycles. The van der Waals surface area contributed by atoms with E-state index in [1.54, 1.807) is 11.8 Å². The van der Waals surface area contributed by atoms with Crippen LogP contribution in [0.5, 0.6) is 0 Å². The van der Waals surface area contributed by atoms with Crippen LogP contribution in [0.4, 0.5) is 5.69 Å². The van der Waals surface area contributed by atoms with Gasteiger partial charge in [0, 0.05) is 15.9 Å². The minimum absolute atomic E-state index is 0.434.